The van der Waals surface area contributed by atoms with Gasteiger partial charge in [-0.15, -0.1) is 11.3 Å². The van der Waals surface area contributed by atoms with Gasteiger partial charge in [0.05, 0.1) is 0 Å². The van der Waals surface area contributed by atoms with Gasteiger partial charge in [-0.25, -0.2) is 0 Å². The summed E-state index contributed by atoms with van der Waals surface area (Å²) in [6, 6.07) is 55.0. The third kappa shape index (κ3) is 3.81. The lowest BCUT2D eigenvalue weighted by atomic mass is 9.86. The summed E-state index contributed by atoms with van der Waals surface area (Å²) in [5.41, 5.74) is 9.25. The highest BCUT2D eigenvalue weighted by Gasteiger charge is 2.18. The van der Waals surface area contributed by atoms with Gasteiger partial charge in [-0.3, -0.25) is 0 Å². The number of hydrogen-bond donors (Lipinski definition) is 0. The summed E-state index contributed by atoms with van der Waals surface area (Å²) in [5.74, 6) is 0. The second-order valence-corrected chi connectivity index (χ2v) is 13.0. The first-order chi connectivity index (χ1) is 22.8. The molecule has 2 aromatic heterocycles. The minimum Gasteiger partial charge on any atom is -0.456 e. The predicted octanol–water partition coefficient (Wildman–Crippen LogP) is 13.3. The molecule has 0 saturated heterocycles. The third-order valence-electron chi connectivity index (χ3n) is 9.51. The van der Waals surface area contributed by atoms with E-state index >= 15 is 0 Å². The molecule has 0 aliphatic heterocycles. The topological polar surface area (TPSA) is 13.1 Å². The minimum atomic E-state index is 0.915. The fraction of sp³-hybridized carbons (Fsp3) is 0. The summed E-state index contributed by atoms with van der Waals surface area (Å²) in [6.07, 6.45) is 0. The van der Waals surface area contributed by atoms with Crippen molar-refractivity contribution >= 4 is 75.7 Å². The van der Waals surface area contributed by atoms with Crippen molar-refractivity contribution in [3.8, 4) is 33.4 Å². The van der Waals surface area contributed by atoms with Gasteiger partial charge in [0.1, 0.15) is 11.2 Å². The first-order valence-corrected chi connectivity index (χ1v) is 16.5. The van der Waals surface area contributed by atoms with E-state index in [2.05, 4.69) is 157 Å². The van der Waals surface area contributed by atoms with Crippen LogP contribution in [-0.2, 0) is 0 Å². The summed E-state index contributed by atoms with van der Waals surface area (Å²) < 4.78 is 7.95. The highest BCUT2D eigenvalue weighted by Crippen LogP contribution is 2.45. The van der Waals surface area contributed by atoms with Crippen molar-refractivity contribution in [3.05, 3.63) is 157 Å². The van der Waals surface area contributed by atoms with Gasteiger partial charge < -0.3 is 4.42 Å². The normalized spacial score (nSPS) is 11.9. The molecule has 2 heteroatoms. The average molecular weight is 603 g/mol. The smallest absolute Gasteiger partial charge is 0.136 e. The molecule has 0 radical (unpaired) electrons. The molecule has 0 aliphatic carbocycles. The van der Waals surface area contributed by atoms with Crippen LogP contribution in [0.15, 0.2) is 161 Å². The third-order valence-corrected chi connectivity index (χ3v) is 10.5. The van der Waals surface area contributed by atoms with E-state index < -0.39 is 0 Å². The Morgan fingerprint density at radius 1 is 0.370 bits per heavy atom. The SMILES string of the molecule is c1ccc(-c2c3ccccc3c(-c3ccc4c(c3)oc3cc5c(-c6ccc7ccccc7c6)csc5cc34)c3ccccc23)cc1. The Labute approximate surface area is 269 Å². The number of rotatable bonds is 3. The van der Waals surface area contributed by atoms with Crippen LogP contribution in [-0.4, -0.2) is 0 Å². The van der Waals surface area contributed by atoms with Gasteiger partial charge in [0, 0.05) is 26.4 Å². The molecule has 0 atom stereocenters. The number of benzene rings is 8. The molecule has 0 saturated carbocycles. The van der Waals surface area contributed by atoms with Crippen LogP contribution in [0.1, 0.15) is 0 Å². The standard InChI is InChI=1S/C44H26OS/c1-2-11-28(12-3-1)43-33-14-6-8-16-35(33)44(36-17-9-7-15-34(36)43)31-20-21-32-37-25-42-38(24-41(37)45-40(32)23-31)39(26-46-42)30-19-18-27-10-4-5-13-29(27)22-30/h1-26H. The van der Waals surface area contributed by atoms with Gasteiger partial charge in [0.25, 0.3) is 0 Å². The van der Waals surface area contributed by atoms with Gasteiger partial charge in [0.15, 0.2) is 0 Å². The molecule has 0 spiro atoms. The van der Waals surface area contributed by atoms with E-state index in [1.807, 2.05) is 0 Å². The van der Waals surface area contributed by atoms with Crippen molar-refractivity contribution in [3.63, 3.8) is 0 Å². The molecule has 1 nitrogen and oxygen atoms in total. The zero-order valence-electron chi connectivity index (χ0n) is 24.8. The van der Waals surface area contributed by atoms with E-state index in [4.69, 9.17) is 4.42 Å². The zero-order chi connectivity index (χ0) is 30.2. The van der Waals surface area contributed by atoms with E-state index in [0.29, 0.717) is 0 Å². The van der Waals surface area contributed by atoms with E-state index in [9.17, 15) is 0 Å². The average Bonchev–Trinajstić information content (AvgIpc) is 3.69. The first kappa shape index (κ1) is 25.6. The molecule has 0 unspecified atom stereocenters. The largest absolute Gasteiger partial charge is 0.456 e. The number of furan rings is 1. The quantitative estimate of drug-likeness (QED) is 0.183. The first-order valence-electron chi connectivity index (χ1n) is 15.7. The van der Waals surface area contributed by atoms with Crippen LogP contribution in [0.4, 0.5) is 0 Å². The predicted molar refractivity (Wildman–Crippen MR) is 198 cm³/mol. The Bertz CT molecular complexity index is 2740. The summed E-state index contributed by atoms with van der Waals surface area (Å²) in [6.45, 7) is 0. The van der Waals surface area contributed by atoms with Gasteiger partial charge >= 0.3 is 0 Å². The molecule has 10 aromatic rings. The lowest BCUT2D eigenvalue weighted by molar-refractivity contribution is 0.669. The second kappa shape index (κ2) is 9.90. The number of thiophene rings is 1. The zero-order valence-corrected chi connectivity index (χ0v) is 25.6. The monoisotopic (exact) mass is 602 g/mol. The molecular formula is C44H26OS. The Morgan fingerprint density at radius 3 is 1.72 bits per heavy atom. The summed E-state index contributed by atoms with van der Waals surface area (Å²) in [7, 11) is 0. The fourth-order valence-electron chi connectivity index (χ4n) is 7.39. The minimum absolute atomic E-state index is 0.915. The highest BCUT2D eigenvalue weighted by atomic mass is 32.1. The highest BCUT2D eigenvalue weighted by molar-refractivity contribution is 7.17. The number of fused-ring (bicyclic) bond motifs is 7. The molecule has 10 rings (SSSR count). The van der Waals surface area contributed by atoms with Crippen LogP contribution in [0, 0.1) is 0 Å². The molecule has 2 heterocycles. The molecular weight excluding hydrogens is 577 g/mol. The molecule has 0 aliphatic rings. The summed E-state index contributed by atoms with van der Waals surface area (Å²) in [4.78, 5) is 0. The maximum absolute atomic E-state index is 6.68. The Balaban J connectivity index is 1.18. The molecule has 46 heavy (non-hydrogen) atoms. The molecule has 214 valence electrons. The molecule has 0 amide bonds. The van der Waals surface area contributed by atoms with Crippen LogP contribution in [0.3, 0.4) is 0 Å². The van der Waals surface area contributed by atoms with E-state index in [0.717, 1.165) is 27.5 Å². The van der Waals surface area contributed by atoms with Crippen molar-refractivity contribution < 1.29 is 4.42 Å². The van der Waals surface area contributed by atoms with Gasteiger partial charge in [0.2, 0.25) is 0 Å². The molecule has 8 aromatic carbocycles. The van der Waals surface area contributed by atoms with Gasteiger partial charge in [-0.2, -0.15) is 0 Å². The van der Waals surface area contributed by atoms with Crippen molar-refractivity contribution in [2.24, 2.45) is 0 Å². The summed E-state index contributed by atoms with van der Waals surface area (Å²) >= 11 is 1.80. The summed E-state index contributed by atoms with van der Waals surface area (Å²) in [5, 5.41) is 13.4. The molecule has 0 N–H and O–H groups in total. The van der Waals surface area contributed by atoms with Crippen LogP contribution >= 0.6 is 11.3 Å². The fourth-order valence-corrected chi connectivity index (χ4v) is 8.38. The lowest BCUT2D eigenvalue weighted by Crippen LogP contribution is -1.90. The van der Waals surface area contributed by atoms with Crippen LogP contribution in [0.25, 0.3) is 97.7 Å². The number of hydrogen-bond acceptors (Lipinski definition) is 2. The molecule has 0 fully saturated rings. The maximum atomic E-state index is 6.68. The maximum Gasteiger partial charge on any atom is 0.136 e. The van der Waals surface area contributed by atoms with Gasteiger partial charge in [-0.05, 0) is 95.8 Å². The molecule has 0 bridgehead atoms. The lowest BCUT2D eigenvalue weighted by Gasteiger charge is -2.17. The van der Waals surface area contributed by atoms with Crippen molar-refractivity contribution in [2.75, 3.05) is 0 Å². The van der Waals surface area contributed by atoms with Crippen molar-refractivity contribution in [1.82, 2.24) is 0 Å². The van der Waals surface area contributed by atoms with Crippen LogP contribution < -0.4 is 0 Å². The van der Waals surface area contributed by atoms with E-state index in [1.54, 1.807) is 11.3 Å². The van der Waals surface area contributed by atoms with Gasteiger partial charge in [-0.1, -0.05) is 121 Å². The van der Waals surface area contributed by atoms with E-state index in [1.165, 1.54) is 70.2 Å². The Morgan fingerprint density at radius 2 is 0.978 bits per heavy atom. The van der Waals surface area contributed by atoms with Crippen molar-refractivity contribution in [2.45, 2.75) is 0 Å². The Kier molecular flexibility index (Phi) is 5.51. The van der Waals surface area contributed by atoms with E-state index in [-0.39, 0.29) is 0 Å². The second-order valence-electron chi connectivity index (χ2n) is 12.1. The van der Waals surface area contributed by atoms with Crippen LogP contribution in [0.2, 0.25) is 0 Å². The van der Waals surface area contributed by atoms with Crippen LogP contribution in [0.5, 0.6) is 0 Å². The van der Waals surface area contributed by atoms with Crippen molar-refractivity contribution in [1.29, 1.82) is 0 Å². The Hall–Kier alpha value is -5.70.